The van der Waals surface area contributed by atoms with E-state index in [-0.39, 0.29) is 0 Å². The van der Waals surface area contributed by atoms with Crippen molar-refractivity contribution in [1.29, 1.82) is 0 Å². The molecular formula is C10H9N. The lowest BCUT2D eigenvalue weighted by molar-refractivity contribution is 1.01. The van der Waals surface area contributed by atoms with Crippen LogP contribution in [0.1, 0.15) is 0 Å². The van der Waals surface area contributed by atoms with Gasteiger partial charge >= 0.3 is 0 Å². The van der Waals surface area contributed by atoms with Gasteiger partial charge in [0.15, 0.2) is 0 Å². The molecule has 0 aromatic heterocycles. The number of hydrogen-bond donors (Lipinski definition) is 0. The van der Waals surface area contributed by atoms with E-state index in [4.69, 9.17) is 0 Å². The minimum absolute atomic E-state index is 0.433. The van der Waals surface area contributed by atoms with Gasteiger partial charge in [0.1, 0.15) is 0 Å². The van der Waals surface area contributed by atoms with Crippen LogP contribution in [0.5, 0.6) is 0 Å². The lowest BCUT2D eigenvalue weighted by atomic mass is 9.98. The molecule has 0 spiro atoms. The van der Waals surface area contributed by atoms with Crippen molar-refractivity contribution in [3.63, 3.8) is 0 Å². The summed E-state index contributed by atoms with van der Waals surface area (Å²) in [4.78, 5) is 4.06. The Morgan fingerprint density at radius 2 is 2.09 bits per heavy atom. The molecule has 1 aliphatic carbocycles. The van der Waals surface area contributed by atoms with Crippen LogP contribution in [-0.4, -0.2) is 6.21 Å². The van der Waals surface area contributed by atoms with Crippen molar-refractivity contribution in [3.8, 4) is 0 Å². The van der Waals surface area contributed by atoms with Gasteiger partial charge in [-0.25, -0.2) is 0 Å². The second kappa shape index (κ2) is 2.70. The molecule has 54 valence electrons. The fraction of sp³-hybridized carbons (Fsp3) is 0.100. The average molecular weight is 143 g/mol. The third kappa shape index (κ3) is 1.22. The van der Waals surface area contributed by atoms with Crippen LogP contribution in [0.15, 0.2) is 53.2 Å². The first-order valence-corrected chi connectivity index (χ1v) is 3.72. The van der Waals surface area contributed by atoms with Crippen molar-refractivity contribution in [2.24, 2.45) is 10.9 Å². The molecule has 0 bridgehead atoms. The van der Waals surface area contributed by atoms with Gasteiger partial charge in [0.25, 0.3) is 0 Å². The molecule has 1 aliphatic heterocycles. The lowest BCUT2D eigenvalue weighted by Gasteiger charge is -2.09. The second-order valence-electron chi connectivity index (χ2n) is 2.58. The molecule has 2 aliphatic rings. The van der Waals surface area contributed by atoms with E-state index in [1.54, 1.807) is 0 Å². The molecule has 0 saturated carbocycles. The van der Waals surface area contributed by atoms with Gasteiger partial charge in [-0.05, 0) is 5.57 Å². The Bertz CT molecular complexity index is 290. The zero-order chi connectivity index (χ0) is 7.52. The fourth-order valence-electron chi connectivity index (χ4n) is 1.21. The van der Waals surface area contributed by atoms with E-state index in [9.17, 15) is 0 Å². The predicted molar refractivity (Wildman–Crippen MR) is 47.5 cm³/mol. The molecule has 0 aromatic carbocycles. The first-order chi connectivity index (χ1) is 5.47. The number of allylic oxidation sites excluding steroid dienone is 7. The lowest BCUT2D eigenvalue weighted by Crippen LogP contribution is -2.00. The maximum atomic E-state index is 4.06. The van der Waals surface area contributed by atoms with Crippen LogP contribution in [0.4, 0.5) is 0 Å². The summed E-state index contributed by atoms with van der Waals surface area (Å²) in [5.41, 5.74) is 1.26. The maximum Gasteiger partial charge on any atom is 0.0308 e. The van der Waals surface area contributed by atoms with Gasteiger partial charge in [-0.15, -0.1) is 0 Å². The number of aliphatic imine (C=N–C) groups is 1. The second-order valence-corrected chi connectivity index (χ2v) is 2.58. The van der Waals surface area contributed by atoms with Gasteiger partial charge in [0.05, 0.1) is 0 Å². The van der Waals surface area contributed by atoms with E-state index in [1.807, 2.05) is 24.6 Å². The number of nitrogens with zero attached hydrogens (tertiary/aromatic N) is 1. The van der Waals surface area contributed by atoms with Gasteiger partial charge in [-0.2, -0.15) is 0 Å². The number of rotatable bonds is 0. The molecule has 0 radical (unpaired) electrons. The van der Waals surface area contributed by atoms with Crippen LogP contribution in [0.2, 0.25) is 0 Å². The van der Waals surface area contributed by atoms with Crippen molar-refractivity contribution < 1.29 is 0 Å². The van der Waals surface area contributed by atoms with Crippen LogP contribution in [0.25, 0.3) is 0 Å². The molecule has 0 saturated heterocycles. The molecule has 0 fully saturated rings. The SMILES string of the molecule is C1=CC=C2C=NC=CC2C=C1. The van der Waals surface area contributed by atoms with Crippen molar-refractivity contribution in [2.45, 2.75) is 0 Å². The van der Waals surface area contributed by atoms with E-state index in [1.165, 1.54) is 5.57 Å². The maximum absolute atomic E-state index is 4.06. The molecule has 1 heteroatoms. The predicted octanol–water partition coefficient (Wildman–Crippen LogP) is 2.25. The highest BCUT2D eigenvalue weighted by Crippen LogP contribution is 2.18. The average Bonchev–Trinajstić information content (AvgIpc) is 2.28. The zero-order valence-electron chi connectivity index (χ0n) is 6.14. The summed E-state index contributed by atoms with van der Waals surface area (Å²) < 4.78 is 0. The molecule has 0 N–H and O–H groups in total. The van der Waals surface area contributed by atoms with Crippen molar-refractivity contribution in [3.05, 3.63) is 48.2 Å². The third-order valence-corrected chi connectivity index (χ3v) is 1.82. The van der Waals surface area contributed by atoms with Crippen molar-refractivity contribution >= 4 is 6.21 Å². The van der Waals surface area contributed by atoms with E-state index >= 15 is 0 Å². The van der Waals surface area contributed by atoms with Crippen LogP contribution in [0, 0.1) is 5.92 Å². The molecule has 11 heavy (non-hydrogen) atoms. The van der Waals surface area contributed by atoms with E-state index in [0.29, 0.717) is 5.92 Å². The van der Waals surface area contributed by atoms with Crippen LogP contribution in [0.3, 0.4) is 0 Å². The highest BCUT2D eigenvalue weighted by Gasteiger charge is 2.07. The van der Waals surface area contributed by atoms with E-state index < -0.39 is 0 Å². The molecule has 1 nitrogen and oxygen atoms in total. The number of hydrogen-bond acceptors (Lipinski definition) is 1. The van der Waals surface area contributed by atoms with Crippen molar-refractivity contribution in [2.75, 3.05) is 0 Å². The smallest absolute Gasteiger partial charge is 0.0308 e. The molecule has 1 heterocycles. The van der Waals surface area contributed by atoms with Gasteiger partial charge in [-0.1, -0.05) is 36.5 Å². The largest absolute Gasteiger partial charge is 0.265 e. The third-order valence-electron chi connectivity index (χ3n) is 1.82. The van der Waals surface area contributed by atoms with Gasteiger partial charge in [-0.3, -0.25) is 4.99 Å². The standard InChI is InChI=1S/C10H9N/c1-2-4-9-6-7-11-8-10(9)5-3-1/h1-9H. The van der Waals surface area contributed by atoms with Gasteiger partial charge < -0.3 is 0 Å². The van der Waals surface area contributed by atoms with Crippen LogP contribution >= 0.6 is 0 Å². The summed E-state index contributed by atoms with van der Waals surface area (Å²) in [5, 5.41) is 0. The Balaban J connectivity index is 2.39. The summed E-state index contributed by atoms with van der Waals surface area (Å²) in [6.07, 6.45) is 16.2. The van der Waals surface area contributed by atoms with Crippen LogP contribution in [-0.2, 0) is 0 Å². The minimum atomic E-state index is 0.433. The fourth-order valence-corrected chi connectivity index (χ4v) is 1.21. The molecule has 2 rings (SSSR count). The topological polar surface area (TPSA) is 12.4 Å². The Labute approximate surface area is 66.1 Å². The Kier molecular flexibility index (Phi) is 1.56. The summed E-state index contributed by atoms with van der Waals surface area (Å²) in [6, 6.07) is 0. The summed E-state index contributed by atoms with van der Waals surface area (Å²) in [5.74, 6) is 0.433. The first kappa shape index (κ1) is 6.35. The van der Waals surface area contributed by atoms with E-state index in [2.05, 4.69) is 29.3 Å². The zero-order valence-corrected chi connectivity index (χ0v) is 6.14. The normalized spacial score (nSPS) is 26.2. The quantitative estimate of drug-likeness (QED) is 0.493. The Morgan fingerprint density at radius 3 is 3.09 bits per heavy atom. The monoisotopic (exact) mass is 143 g/mol. The summed E-state index contributed by atoms with van der Waals surface area (Å²) in [7, 11) is 0. The Hall–Kier alpha value is -1.37. The first-order valence-electron chi connectivity index (χ1n) is 3.72. The molecule has 0 aromatic rings. The summed E-state index contributed by atoms with van der Waals surface area (Å²) >= 11 is 0. The summed E-state index contributed by atoms with van der Waals surface area (Å²) in [6.45, 7) is 0. The molecule has 1 atom stereocenters. The highest BCUT2D eigenvalue weighted by molar-refractivity contribution is 5.82. The molecule has 1 unspecified atom stereocenters. The van der Waals surface area contributed by atoms with Gasteiger partial charge in [0.2, 0.25) is 0 Å². The minimum Gasteiger partial charge on any atom is -0.265 e. The van der Waals surface area contributed by atoms with Gasteiger partial charge in [0, 0.05) is 18.3 Å². The van der Waals surface area contributed by atoms with E-state index in [0.717, 1.165) is 0 Å². The Morgan fingerprint density at radius 1 is 1.09 bits per heavy atom. The van der Waals surface area contributed by atoms with Crippen molar-refractivity contribution in [1.82, 2.24) is 0 Å². The molecular weight excluding hydrogens is 134 g/mol. The number of fused-ring (bicyclic) bond motifs is 1. The molecule has 0 amide bonds. The highest BCUT2D eigenvalue weighted by atomic mass is 14.7. The van der Waals surface area contributed by atoms with Crippen LogP contribution < -0.4 is 0 Å².